The molecule has 1 amide bonds. The van der Waals surface area contributed by atoms with Crippen LogP contribution < -0.4 is 16.3 Å². The minimum absolute atomic E-state index is 0.0131. The Hall–Kier alpha value is -2.47. The Morgan fingerprint density at radius 3 is 2.96 bits per heavy atom. The normalized spacial score (nSPS) is 15.7. The number of rotatable bonds is 5. The highest BCUT2D eigenvalue weighted by molar-refractivity contribution is 5.92. The van der Waals surface area contributed by atoms with Gasteiger partial charge in [-0.3, -0.25) is 9.36 Å². The molecule has 2 N–H and O–H groups in total. The van der Waals surface area contributed by atoms with E-state index in [0.717, 1.165) is 24.3 Å². The Bertz CT molecular complexity index is 752. The molecule has 1 aromatic heterocycles. The van der Waals surface area contributed by atoms with E-state index in [9.17, 15) is 9.59 Å². The molecule has 6 heteroatoms. The van der Waals surface area contributed by atoms with Gasteiger partial charge in [-0.05, 0) is 42.8 Å². The van der Waals surface area contributed by atoms with Gasteiger partial charge in [0.15, 0.2) is 0 Å². The van der Waals surface area contributed by atoms with Gasteiger partial charge in [0.1, 0.15) is 0 Å². The summed E-state index contributed by atoms with van der Waals surface area (Å²) in [5.74, 6) is 0.431. The van der Waals surface area contributed by atoms with Crippen LogP contribution in [0, 0.1) is 11.8 Å². The first-order valence-electron chi connectivity index (χ1n) is 7.75. The van der Waals surface area contributed by atoms with E-state index in [1.165, 1.54) is 10.8 Å². The van der Waals surface area contributed by atoms with Crippen LogP contribution in [0.15, 0.2) is 47.5 Å². The quantitative estimate of drug-likeness (QED) is 0.866. The molecule has 3 rings (SSSR count). The highest BCUT2D eigenvalue weighted by Gasteiger charge is 2.28. The van der Waals surface area contributed by atoms with Crippen LogP contribution in [0.3, 0.4) is 0 Å². The minimum Gasteiger partial charge on any atom is -0.326 e. The highest BCUT2D eigenvalue weighted by Crippen LogP contribution is 2.19. The van der Waals surface area contributed by atoms with Gasteiger partial charge in [-0.15, -0.1) is 0 Å². The Kier molecular flexibility index (Phi) is 4.52. The number of benzene rings is 1. The molecule has 1 aromatic carbocycles. The molecule has 2 aromatic rings. The van der Waals surface area contributed by atoms with Crippen LogP contribution >= 0.6 is 0 Å². The number of nitrogens with one attached hydrogen (secondary N) is 2. The van der Waals surface area contributed by atoms with E-state index in [4.69, 9.17) is 0 Å². The second-order valence-electron chi connectivity index (χ2n) is 5.93. The lowest BCUT2D eigenvalue weighted by Crippen LogP contribution is -2.48. The number of hydrogen-bond donors (Lipinski definition) is 2. The van der Waals surface area contributed by atoms with E-state index in [1.807, 2.05) is 31.2 Å². The standard InChI is InChI=1S/C17H20N4O2/c1-12(14-9-18-10-14)16(22)20-15-5-2-4-13(8-15)11-21-7-3-6-19-17(21)23/h2-8,12,14,18H,9-11H2,1H3,(H,20,22). The minimum atomic E-state index is -0.284. The maximum absolute atomic E-state index is 12.3. The van der Waals surface area contributed by atoms with Gasteiger partial charge in [0.05, 0.1) is 6.54 Å². The average Bonchev–Trinajstić information content (AvgIpc) is 2.48. The van der Waals surface area contributed by atoms with Crippen molar-refractivity contribution in [3.8, 4) is 0 Å². The molecule has 1 unspecified atom stereocenters. The van der Waals surface area contributed by atoms with E-state index >= 15 is 0 Å². The monoisotopic (exact) mass is 312 g/mol. The zero-order valence-electron chi connectivity index (χ0n) is 13.0. The van der Waals surface area contributed by atoms with E-state index in [2.05, 4.69) is 15.6 Å². The maximum atomic E-state index is 12.3. The van der Waals surface area contributed by atoms with E-state index in [0.29, 0.717) is 12.5 Å². The summed E-state index contributed by atoms with van der Waals surface area (Å²) in [6.07, 6.45) is 3.18. The zero-order valence-corrected chi connectivity index (χ0v) is 13.0. The van der Waals surface area contributed by atoms with E-state index < -0.39 is 0 Å². The van der Waals surface area contributed by atoms with Crippen molar-refractivity contribution in [2.45, 2.75) is 13.5 Å². The fourth-order valence-corrected chi connectivity index (χ4v) is 2.59. The molecule has 1 aliphatic heterocycles. The summed E-state index contributed by atoms with van der Waals surface area (Å²) in [4.78, 5) is 27.7. The van der Waals surface area contributed by atoms with Gasteiger partial charge in [-0.1, -0.05) is 19.1 Å². The van der Waals surface area contributed by atoms with Crippen molar-refractivity contribution in [1.82, 2.24) is 14.9 Å². The van der Waals surface area contributed by atoms with Crippen molar-refractivity contribution in [2.24, 2.45) is 11.8 Å². The van der Waals surface area contributed by atoms with Crippen LogP contribution in [-0.2, 0) is 11.3 Å². The van der Waals surface area contributed by atoms with Crippen LogP contribution in [-0.4, -0.2) is 28.5 Å². The van der Waals surface area contributed by atoms with Gasteiger partial charge in [0.2, 0.25) is 5.91 Å². The number of nitrogens with zero attached hydrogens (tertiary/aromatic N) is 2. The van der Waals surface area contributed by atoms with Crippen LogP contribution in [0.25, 0.3) is 0 Å². The maximum Gasteiger partial charge on any atom is 0.347 e. The number of amides is 1. The molecule has 1 aliphatic rings. The van der Waals surface area contributed by atoms with E-state index in [1.54, 1.807) is 12.3 Å². The SMILES string of the molecule is CC(C(=O)Nc1cccc(Cn2cccnc2=O)c1)C1CNC1. The smallest absolute Gasteiger partial charge is 0.326 e. The van der Waals surface area contributed by atoms with Crippen molar-refractivity contribution >= 4 is 11.6 Å². The Labute approximate surface area is 134 Å². The largest absolute Gasteiger partial charge is 0.347 e. The third-order valence-corrected chi connectivity index (χ3v) is 4.26. The summed E-state index contributed by atoms with van der Waals surface area (Å²) in [7, 11) is 0. The molecule has 0 spiro atoms. The lowest BCUT2D eigenvalue weighted by Gasteiger charge is -2.31. The van der Waals surface area contributed by atoms with Gasteiger partial charge < -0.3 is 10.6 Å². The third-order valence-electron chi connectivity index (χ3n) is 4.26. The molecule has 0 bridgehead atoms. The molecule has 0 aliphatic carbocycles. The molecule has 0 radical (unpaired) electrons. The Balaban J connectivity index is 1.68. The number of carbonyl (C=O) groups is 1. The van der Waals surface area contributed by atoms with Crippen molar-refractivity contribution in [3.63, 3.8) is 0 Å². The Morgan fingerprint density at radius 1 is 1.43 bits per heavy atom. The summed E-state index contributed by atoms with van der Waals surface area (Å²) in [5, 5.41) is 6.15. The van der Waals surface area contributed by atoms with Gasteiger partial charge in [0, 0.05) is 24.0 Å². The molecule has 120 valence electrons. The summed E-state index contributed by atoms with van der Waals surface area (Å²) in [5.41, 5.74) is 1.41. The van der Waals surface area contributed by atoms with Crippen molar-refractivity contribution in [3.05, 3.63) is 58.8 Å². The molecule has 0 saturated carbocycles. The zero-order chi connectivity index (χ0) is 16.2. The van der Waals surface area contributed by atoms with Crippen molar-refractivity contribution < 1.29 is 4.79 Å². The summed E-state index contributed by atoms with van der Waals surface area (Å²) in [6.45, 7) is 4.19. The summed E-state index contributed by atoms with van der Waals surface area (Å²) >= 11 is 0. The fraction of sp³-hybridized carbons (Fsp3) is 0.353. The number of hydrogen-bond acceptors (Lipinski definition) is 4. The number of anilines is 1. The van der Waals surface area contributed by atoms with E-state index in [-0.39, 0.29) is 17.5 Å². The van der Waals surface area contributed by atoms with Gasteiger partial charge in [-0.2, -0.15) is 0 Å². The molecule has 1 saturated heterocycles. The average molecular weight is 312 g/mol. The third kappa shape index (κ3) is 3.65. The molecule has 1 fully saturated rings. The first-order valence-corrected chi connectivity index (χ1v) is 7.75. The lowest BCUT2D eigenvalue weighted by atomic mass is 9.88. The lowest BCUT2D eigenvalue weighted by molar-refractivity contribution is -0.121. The first kappa shape index (κ1) is 15.4. The predicted octanol–water partition coefficient (Wildman–Crippen LogP) is 1.09. The number of carbonyl (C=O) groups excluding carboxylic acids is 1. The highest BCUT2D eigenvalue weighted by atomic mass is 16.2. The predicted molar refractivity (Wildman–Crippen MR) is 88.2 cm³/mol. The van der Waals surface area contributed by atoms with Gasteiger partial charge in [0.25, 0.3) is 0 Å². The molecular formula is C17H20N4O2. The van der Waals surface area contributed by atoms with Gasteiger partial charge >= 0.3 is 5.69 Å². The molecule has 1 atom stereocenters. The van der Waals surface area contributed by atoms with Crippen LogP contribution in [0.1, 0.15) is 12.5 Å². The molecular weight excluding hydrogens is 292 g/mol. The van der Waals surface area contributed by atoms with Crippen molar-refractivity contribution in [1.29, 1.82) is 0 Å². The van der Waals surface area contributed by atoms with Crippen LogP contribution in [0.4, 0.5) is 5.69 Å². The Morgan fingerprint density at radius 2 is 2.26 bits per heavy atom. The second-order valence-corrected chi connectivity index (χ2v) is 5.93. The second kappa shape index (κ2) is 6.75. The van der Waals surface area contributed by atoms with Crippen LogP contribution in [0.2, 0.25) is 0 Å². The topological polar surface area (TPSA) is 76.0 Å². The first-order chi connectivity index (χ1) is 11.1. The molecule has 23 heavy (non-hydrogen) atoms. The van der Waals surface area contributed by atoms with Crippen LogP contribution in [0.5, 0.6) is 0 Å². The fourth-order valence-electron chi connectivity index (χ4n) is 2.59. The van der Waals surface area contributed by atoms with Gasteiger partial charge in [-0.25, -0.2) is 9.78 Å². The molecule has 2 heterocycles. The summed E-state index contributed by atoms with van der Waals surface area (Å²) < 4.78 is 1.53. The van der Waals surface area contributed by atoms with Crippen molar-refractivity contribution in [2.75, 3.05) is 18.4 Å². The number of aromatic nitrogens is 2. The summed E-state index contributed by atoms with van der Waals surface area (Å²) in [6, 6.07) is 9.28. The molecule has 6 nitrogen and oxygen atoms in total.